The molecule has 0 aliphatic rings. The van der Waals surface area contributed by atoms with E-state index in [4.69, 9.17) is 10.00 Å². The first-order chi connectivity index (χ1) is 6.87. The van der Waals surface area contributed by atoms with Gasteiger partial charge in [0, 0.05) is 25.6 Å². The van der Waals surface area contributed by atoms with Crippen LogP contribution in [0.5, 0.6) is 0 Å². The van der Waals surface area contributed by atoms with Crippen molar-refractivity contribution < 1.29 is 4.74 Å². The molecule has 0 aliphatic carbocycles. The van der Waals surface area contributed by atoms with Crippen LogP contribution in [0.25, 0.3) is 0 Å². The van der Waals surface area contributed by atoms with Gasteiger partial charge in [0.25, 0.3) is 0 Å². The van der Waals surface area contributed by atoms with Gasteiger partial charge in [-0.1, -0.05) is 0 Å². The van der Waals surface area contributed by atoms with E-state index in [-0.39, 0.29) is 5.60 Å². The molecule has 0 spiro atoms. The Balaban J connectivity index is 3.82. The Kier molecular flexibility index (Phi) is 6.55. The first-order valence-corrected chi connectivity index (χ1v) is 5.62. The van der Waals surface area contributed by atoms with E-state index in [2.05, 4.69) is 45.6 Å². The lowest BCUT2D eigenvalue weighted by atomic mass is 10.2. The highest BCUT2D eigenvalue weighted by Crippen LogP contribution is 2.07. The van der Waals surface area contributed by atoms with Gasteiger partial charge >= 0.3 is 0 Å². The van der Waals surface area contributed by atoms with Crippen molar-refractivity contribution in [3.63, 3.8) is 0 Å². The molecule has 0 aromatic heterocycles. The number of hydrogen-bond donors (Lipinski definition) is 0. The molecule has 0 fully saturated rings. The second kappa shape index (κ2) is 6.81. The van der Waals surface area contributed by atoms with Crippen molar-refractivity contribution in [1.29, 1.82) is 5.26 Å². The quantitative estimate of drug-likeness (QED) is 0.678. The van der Waals surface area contributed by atoms with Crippen LogP contribution in [-0.4, -0.2) is 36.2 Å². The number of ether oxygens (including phenoxy) is 1. The second-order valence-electron chi connectivity index (χ2n) is 5.00. The zero-order valence-electron chi connectivity index (χ0n) is 10.7. The van der Waals surface area contributed by atoms with Crippen LogP contribution >= 0.6 is 0 Å². The monoisotopic (exact) mass is 212 g/mol. The standard InChI is InChI=1S/C12H24N2O/c1-11(2)14(8-6-7-13)9-10-15-12(3,4)5/h11H,6,8-10H2,1-5H3. The molecule has 0 saturated heterocycles. The minimum absolute atomic E-state index is 0.0715. The van der Waals surface area contributed by atoms with E-state index < -0.39 is 0 Å². The van der Waals surface area contributed by atoms with E-state index in [0.717, 1.165) is 19.7 Å². The molecule has 3 nitrogen and oxygen atoms in total. The van der Waals surface area contributed by atoms with Crippen LogP contribution < -0.4 is 0 Å². The fourth-order valence-corrected chi connectivity index (χ4v) is 1.29. The Morgan fingerprint density at radius 2 is 1.87 bits per heavy atom. The summed E-state index contributed by atoms with van der Waals surface area (Å²) in [6, 6.07) is 2.65. The van der Waals surface area contributed by atoms with Gasteiger partial charge in [0.05, 0.1) is 18.3 Å². The van der Waals surface area contributed by atoms with Gasteiger partial charge in [-0.15, -0.1) is 0 Å². The average molecular weight is 212 g/mol. The van der Waals surface area contributed by atoms with Gasteiger partial charge in [-0.05, 0) is 34.6 Å². The SMILES string of the molecule is CC(C)N(CCC#N)CCOC(C)(C)C. The van der Waals surface area contributed by atoms with E-state index >= 15 is 0 Å². The molecule has 0 heterocycles. The maximum Gasteiger partial charge on any atom is 0.0635 e. The Hall–Kier alpha value is -0.590. The number of nitriles is 1. The fourth-order valence-electron chi connectivity index (χ4n) is 1.29. The van der Waals surface area contributed by atoms with Crippen molar-refractivity contribution in [1.82, 2.24) is 4.90 Å². The summed E-state index contributed by atoms with van der Waals surface area (Å²) in [4.78, 5) is 2.27. The Morgan fingerprint density at radius 3 is 2.27 bits per heavy atom. The molecule has 0 N–H and O–H groups in total. The van der Waals surface area contributed by atoms with Crippen molar-refractivity contribution in [2.45, 2.75) is 52.7 Å². The third-order valence-electron chi connectivity index (χ3n) is 2.15. The highest BCUT2D eigenvalue weighted by atomic mass is 16.5. The molecule has 0 rings (SSSR count). The summed E-state index contributed by atoms with van der Waals surface area (Å²) in [7, 11) is 0. The van der Waals surface area contributed by atoms with Crippen molar-refractivity contribution in [3.05, 3.63) is 0 Å². The summed E-state index contributed by atoms with van der Waals surface area (Å²) in [6.07, 6.45) is 0.591. The minimum atomic E-state index is -0.0715. The molecule has 0 aromatic rings. The molecule has 0 aliphatic heterocycles. The first-order valence-electron chi connectivity index (χ1n) is 5.62. The van der Waals surface area contributed by atoms with Crippen molar-refractivity contribution in [2.75, 3.05) is 19.7 Å². The first kappa shape index (κ1) is 14.4. The second-order valence-corrected chi connectivity index (χ2v) is 5.00. The van der Waals surface area contributed by atoms with Gasteiger partial charge in [-0.25, -0.2) is 0 Å². The van der Waals surface area contributed by atoms with E-state index in [0.29, 0.717) is 12.5 Å². The van der Waals surface area contributed by atoms with Gasteiger partial charge in [0.1, 0.15) is 0 Å². The van der Waals surface area contributed by atoms with E-state index in [1.807, 2.05) is 0 Å². The molecular formula is C12H24N2O. The van der Waals surface area contributed by atoms with Crippen LogP contribution in [0.2, 0.25) is 0 Å². The number of rotatable bonds is 6. The van der Waals surface area contributed by atoms with Gasteiger partial charge in [0.15, 0.2) is 0 Å². The predicted molar refractivity (Wildman–Crippen MR) is 62.6 cm³/mol. The molecule has 0 atom stereocenters. The minimum Gasteiger partial charge on any atom is -0.375 e. The molecular weight excluding hydrogens is 188 g/mol. The lowest BCUT2D eigenvalue weighted by Crippen LogP contribution is -2.36. The molecule has 15 heavy (non-hydrogen) atoms. The third-order valence-corrected chi connectivity index (χ3v) is 2.15. The fraction of sp³-hybridized carbons (Fsp3) is 0.917. The maximum absolute atomic E-state index is 8.54. The Labute approximate surface area is 94.0 Å². The molecule has 0 radical (unpaired) electrons. The van der Waals surface area contributed by atoms with E-state index in [9.17, 15) is 0 Å². The summed E-state index contributed by atoms with van der Waals surface area (Å²) in [5, 5.41) is 8.54. The smallest absolute Gasteiger partial charge is 0.0635 e. The number of nitrogens with zero attached hydrogens (tertiary/aromatic N) is 2. The third kappa shape index (κ3) is 8.41. The lowest BCUT2D eigenvalue weighted by molar-refractivity contribution is -0.0159. The average Bonchev–Trinajstić information content (AvgIpc) is 2.08. The van der Waals surface area contributed by atoms with Crippen LogP contribution in [0.3, 0.4) is 0 Å². The topological polar surface area (TPSA) is 36.3 Å². The van der Waals surface area contributed by atoms with Crippen molar-refractivity contribution in [2.24, 2.45) is 0 Å². The summed E-state index contributed by atoms with van der Waals surface area (Å²) >= 11 is 0. The zero-order chi connectivity index (χ0) is 11.9. The van der Waals surface area contributed by atoms with Gasteiger partial charge < -0.3 is 4.74 Å². The van der Waals surface area contributed by atoms with Crippen LogP contribution in [0.1, 0.15) is 41.0 Å². The van der Waals surface area contributed by atoms with Crippen LogP contribution in [0.15, 0.2) is 0 Å². The maximum atomic E-state index is 8.54. The van der Waals surface area contributed by atoms with Gasteiger partial charge in [-0.3, -0.25) is 4.90 Å². The number of hydrogen-bond acceptors (Lipinski definition) is 3. The largest absolute Gasteiger partial charge is 0.375 e. The van der Waals surface area contributed by atoms with Crippen LogP contribution in [0.4, 0.5) is 0 Å². The molecule has 88 valence electrons. The molecule has 3 heteroatoms. The van der Waals surface area contributed by atoms with E-state index in [1.165, 1.54) is 0 Å². The van der Waals surface area contributed by atoms with Crippen molar-refractivity contribution >= 4 is 0 Å². The van der Waals surface area contributed by atoms with Crippen LogP contribution in [-0.2, 0) is 4.74 Å². The highest BCUT2D eigenvalue weighted by molar-refractivity contribution is 4.74. The van der Waals surface area contributed by atoms with Gasteiger partial charge in [-0.2, -0.15) is 5.26 Å². The molecule has 0 unspecified atom stereocenters. The summed E-state index contributed by atoms with van der Waals surface area (Å²) in [5.74, 6) is 0. The summed E-state index contributed by atoms with van der Waals surface area (Å²) in [5.41, 5.74) is -0.0715. The molecule has 0 amide bonds. The Bertz CT molecular complexity index is 201. The zero-order valence-corrected chi connectivity index (χ0v) is 10.7. The molecule has 0 saturated carbocycles. The van der Waals surface area contributed by atoms with Gasteiger partial charge in [0.2, 0.25) is 0 Å². The predicted octanol–water partition coefficient (Wildman–Crippen LogP) is 2.43. The molecule has 0 bridgehead atoms. The van der Waals surface area contributed by atoms with E-state index in [1.54, 1.807) is 0 Å². The highest BCUT2D eigenvalue weighted by Gasteiger charge is 2.13. The molecule has 0 aromatic carbocycles. The lowest BCUT2D eigenvalue weighted by Gasteiger charge is -2.27. The normalized spacial score (nSPS) is 12.1. The summed E-state index contributed by atoms with van der Waals surface area (Å²) < 4.78 is 5.67. The Morgan fingerprint density at radius 1 is 1.27 bits per heavy atom. The van der Waals surface area contributed by atoms with Crippen LogP contribution in [0, 0.1) is 11.3 Å². The van der Waals surface area contributed by atoms with Crippen molar-refractivity contribution in [3.8, 4) is 6.07 Å². The summed E-state index contributed by atoms with van der Waals surface area (Å²) in [6.45, 7) is 12.9.